The molecule has 0 heterocycles. The second-order valence-corrected chi connectivity index (χ2v) is 5.30. The molecule has 1 N–H and O–H groups in total. The van der Waals surface area contributed by atoms with Crippen molar-refractivity contribution in [2.45, 2.75) is 59.4 Å². The molecular weight excluding hydrogens is 170 g/mol. The molecule has 1 aliphatic rings. The fraction of sp³-hybridized carbons (Fsp3) is 1.00. The summed E-state index contributed by atoms with van der Waals surface area (Å²) in [5, 5.41) is 3.65. The van der Waals surface area contributed by atoms with Gasteiger partial charge < -0.3 is 5.32 Å². The van der Waals surface area contributed by atoms with Crippen molar-refractivity contribution in [3.8, 4) is 0 Å². The van der Waals surface area contributed by atoms with E-state index >= 15 is 0 Å². The molecule has 1 nitrogen and oxygen atoms in total. The molecule has 0 aliphatic heterocycles. The van der Waals surface area contributed by atoms with Crippen molar-refractivity contribution in [1.29, 1.82) is 0 Å². The molecule has 4 unspecified atom stereocenters. The fourth-order valence-corrected chi connectivity index (χ4v) is 2.80. The minimum absolute atomic E-state index is 0.715. The van der Waals surface area contributed by atoms with Crippen LogP contribution in [-0.4, -0.2) is 12.6 Å². The van der Waals surface area contributed by atoms with E-state index in [2.05, 4.69) is 33.0 Å². The maximum Gasteiger partial charge on any atom is 0.00696 e. The third-order valence-electron chi connectivity index (χ3n) is 3.88. The zero-order chi connectivity index (χ0) is 10.6. The van der Waals surface area contributed by atoms with E-state index in [1.54, 1.807) is 0 Å². The zero-order valence-corrected chi connectivity index (χ0v) is 10.3. The Morgan fingerprint density at radius 1 is 1.29 bits per heavy atom. The third kappa shape index (κ3) is 3.27. The molecule has 84 valence electrons. The quantitative estimate of drug-likeness (QED) is 0.728. The zero-order valence-electron chi connectivity index (χ0n) is 10.3. The predicted octanol–water partition coefficient (Wildman–Crippen LogP) is 3.45. The molecule has 0 bridgehead atoms. The first-order chi connectivity index (χ1) is 6.65. The first kappa shape index (κ1) is 12.0. The number of hydrogen-bond acceptors (Lipinski definition) is 1. The van der Waals surface area contributed by atoms with Gasteiger partial charge in [-0.1, -0.05) is 33.6 Å². The Hall–Kier alpha value is -0.0400. The lowest BCUT2D eigenvalue weighted by Gasteiger charge is -2.37. The van der Waals surface area contributed by atoms with Crippen molar-refractivity contribution in [3.63, 3.8) is 0 Å². The predicted molar refractivity (Wildman–Crippen MR) is 63.4 cm³/mol. The molecular formula is C13H27N. The summed E-state index contributed by atoms with van der Waals surface area (Å²) >= 11 is 0. The van der Waals surface area contributed by atoms with Crippen LogP contribution >= 0.6 is 0 Å². The minimum atomic E-state index is 0.715. The van der Waals surface area contributed by atoms with Crippen LogP contribution in [0.5, 0.6) is 0 Å². The molecule has 0 radical (unpaired) electrons. The van der Waals surface area contributed by atoms with Crippen LogP contribution in [0.2, 0.25) is 0 Å². The summed E-state index contributed by atoms with van der Waals surface area (Å²) in [4.78, 5) is 0. The Morgan fingerprint density at radius 2 is 2.00 bits per heavy atom. The van der Waals surface area contributed by atoms with Gasteiger partial charge in [0.2, 0.25) is 0 Å². The van der Waals surface area contributed by atoms with Gasteiger partial charge in [-0.2, -0.15) is 0 Å². The molecule has 0 aromatic heterocycles. The summed E-state index contributed by atoms with van der Waals surface area (Å²) in [6, 6.07) is 0.715. The highest BCUT2D eigenvalue weighted by Crippen LogP contribution is 2.35. The highest BCUT2D eigenvalue weighted by atomic mass is 14.9. The van der Waals surface area contributed by atoms with E-state index < -0.39 is 0 Å². The number of rotatable bonds is 4. The lowest BCUT2D eigenvalue weighted by Crippen LogP contribution is -2.40. The summed E-state index contributed by atoms with van der Waals surface area (Å²) in [5.74, 6) is 2.78. The van der Waals surface area contributed by atoms with E-state index in [-0.39, 0.29) is 0 Å². The lowest BCUT2D eigenvalue weighted by molar-refractivity contribution is 0.163. The van der Waals surface area contributed by atoms with Crippen LogP contribution in [0.15, 0.2) is 0 Å². The molecule has 4 atom stereocenters. The highest BCUT2D eigenvalue weighted by molar-refractivity contribution is 4.82. The van der Waals surface area contributed by atoms with Gasteiger partial charge in [-0.05, 0) is 44.1 Å². The van der Waals surface area contributed by atoms with Gasteiger partial charge in [-0.15, -0.1) is 0 Å². The lowest BCUT2D eigenvalue weighted by atomic mass is 9.72. The van der Waals surface area contributed by atoms with Crippen LogP contribution in [-0.2, 0) is 0 Å². The van der Waals surface area contributed by atoms with E-state index in [0.717, 1.165) is 17.8 Å². The van der Waals surface area contributed by atoms with Crippen molar-refractivity contribution in [3.05, 3.63) is 0 Å². The SMILES string of the molecule is CCCNC(C)C1CC(C)CCC1C. The summed E-state index contributed by atoms with van der Waals surface area (Å²) in [5.41, 5.74) is 0. The van der Waals surface area contributed by atoms with Gasteiger partial charge >= 0.3 is 0 Å². The standard InChI is InChI=1S/C13H27N/c1-5-8-14-12(4)13-9-10(2)6-7-11(13)3/h10-14H,5-9H2,1-4H3. The molecule has 0 amide bonds. The molecule has 1 aliphatic carbocycles. The largest absolute Gasteiger partial charge is 0.314 e. The van der Waals surface area contributed by atoms with Gasteiger partial charge in [-0.3, -0.25) is 0 Å². The van der Waals surface area contributed by atoms with Crippen molar-refractivity contribution in [2.75, 3.05) is 6.54 Å². The summed E-state index contributed by atoms with van der Waals surface area (Å²) in [6.07, 6.45) is 5.56. The molecule has 0 aromatic rings. The van der Waals surface area contributed by atoms with Gasteiger partial charge in [0, 0.05) is 6.04 Å². The Kier molecular flexibility index (Phi) is 4.94. The topological polar surface area (TPSA) is 12.0 Å². The maximum atomic E-state index is 3.65. The van der Waals surface area contributed by atoms with Gasteiger partial charge in [0.05, 0.1) is 0 Å². The Bertz CT molecular complexity index is 155. The molecule has 0 spiro atoms. The first-order valence-electron chi connectivity index (χ1n) is 6.38. The van der Waals surface area contributed by atoms with Crippen LogP contribution in [0.4, 0.5) is 0 Å². The summed E-state index contributed by atoms with van der Waals surface area (Å²) in [6.45, 7) is 10.6. The molecule has 1 saturated carbocycles. The number of nitrogens with one attached hydrogen (secondary N) is 1. The number of hydrogen-bond donors (Lipinski definition) is 1. The third-order valence-corrected chi connectivity index (χ3v) is 3.88. The van der Waals surface area contributed by atoms with Gasteiger partial charge in [0.25, 0.3) is 0 Å². The van der Waals surface area contributed by atoms with Gasteiger partial charge in [0.1, 0.15) is 0 Å². The van der Waals surface area contributed by atoms with Crippen LogP contribution < -0.4 is 5.32 Å². The van der Waals surface area contributed by atoms with E-state index in [1.807, 2.05) is 0 Å². The van der Waals surface area contributed by atoms with Crippen molar-refractivity contribution in [1.82, 2.24) is 5.32 Å². The van der Waals surface area contributed by atoms with Gasteiger partial charge in [-0.25, -0.2) is 0 Å². The second kappa shape index (κ2) is 5.75. The monoisotopic (exact) mass is 197 g/mol. The summed E-state index contributed by atoms with van der Waals surface area (Å²) < 4.78 is 0. The molecule has 1 rings (SSSR count). The minimum Gasteiger partial charge on any atom is -0.314 e. The van der Waals surface area contributed by atoms with E-state index in [0.29, 0.717) is 6.04 Å². The maximum absolute atomic E-state index is 3.65. The van der Waals surface area contributed by atoms with Crippen LogP contribution in [0.1, 0.15) is 53.4 Å². The first-order valence-corrected chi connectivity index (χ1v) is 6.38. The highest BCUT2D eigenvalue weighted by Gasteiger charge is 2.29. The average Bonchev–Trinajstić information content (AvgIpc) is 2.18. The van der Waals surface area contributed by atoms with E-state index in [1.165, 1.54) is 32.2 Å². The molecule has 0 saturated heterocycles. The fourth-order valence-electron chi connectivity index (χ4n) is 2.80. The molecule has 1 fully saturated rings. The summed E-state index contributed by atoms with van der Waals surface area (Å²) in [7, 11) is 0. The Morgan fingerprint density at radius 3 is 2.64 bits per heavy atom. The van der Waals surface area contributed by atoms with E-state index in [4.69, 9.17) is 0 Å². The smallest absolute Gasteiger partial charge is 0.00696 e. The normalized spacial score (nSPS) is 35.6. The average molecular weight is 197 g/mol. The molecule has 0 aromatic carbocycles. The Labute approximate surface area is 89.7 Å². The van der Waals surface area contributed by atoms with E-state index in [9.17, 15) is 0 Å². The van der Waals surface area contributed by atoms with Crippen molar-refractivity contribution in [2.24, 2.45) is 17.8 Å². The van der Waals surface area contributed by atoms with Crippen LogP contribution in [0.3, 0.4) is 0 Å². The molecule has 1 heteroatoms. The van der Waals surface area contributed by atoms with Crippen LogP contribution in [0, 0.1) is 17.8 Å². The van der Waals surface area contributed by atoms with Crippen molar-refractivity contribution < 1.29 is 0 Å². The van der Waals surface area contributed by atoms with Crippen LogP contribution in [0.25, 0.3) is 0 Å². The Balaban J connectivity index is 2.38. The van der Waals surface area contributed by atoms with Crippen molar-refractivity contribution >= 4 is 0 Å². The second-order valence-electron chi connectivity index (χ2n) is 5.30. The van der Waals surface area contributed by atoms with Gasteiger partial charge in [0.15, 0.2) is 0 Å². The molecule has 14 heavy (non-hydrogen) atoms.